The van der Waals surface area contributed by atoms with Crippen LogP contribution in [-0.4, -0.2) is 39.3 Å². The van der Waals surface area contributed by atoms with E-state index in [1.807, 2.05) is 0 Å². The number of nitro groups is 1. The van der Waals surface area contributed by atoms with Crippen molar-refractivity contribution in [3.05, 3.63) is 27.3 Å². The highest BCUT2D eigenvalue weighted by atomic mass is 35.5. The van der Waals surface area contributed by atoms with Gasteiger partial charge in [-0.25, -0.2) is 9.59 Å². The number of anilines is 1. The van der Waals surface area contributed by atoms with E-state index in [9.17, 15) is 19.7 Å². The molecule has 1 atom stereocenters. The number of carboxylic acids is 1. The summed E-state index contributed by atoms with van der Waals surface area (Å²) in [7, 11) is 0. The van der Waals surface area contributed by atoms with Crippen molar-refractivity contribution in [2.45, 2.75) is 12.5 Å². The average Bonchev–Trinajstić information content (AvgIpc) is 2.37. The minimum Gasteiger partial charge on any atom is -0.478 e. The number of nitrogens with zero attached hydrogens (tertiary/aromatic N) is 2. The first-order valence-electron chi connectivity index (χ1n) is 5.56. The molecule has 21 heavy (non-hydrogen) atoms. The zero-order valence-electron chi connectivity index (χ0n) is 10.6. The van der Waals surface area contributed by atoms with E-state index < -0.39 is 34.8 Å². The molecule has 2 rings (SSSR count). The largest absolute Gasteiger partial charge is 0.478 e. The first-order chi connectivity index (χ1) is 9.65. The predicted molar refractivity (Wildman–Crippen MR) is 70.1 cm³/mol. The normalized spacial score (nSPS) is 20.4. The van der Waals surface area contributed by atoms with Gasteiger partial charge in [0.25, 0.3) is 5.69 Å². The van der Waals surface area contributed by atoms with E-state index in [1.54, 1.807) is 0 Å². The van der Waals surface area contributed by atoms with Crippen LogP contribution in [0.2, 0.25) is 5.02 Å². The minimum atomic E-state index is -1.85. The average molecular weight is 317 g/mol. The smallest absolute Gasteiger partial charge is 0.412 e. The second kappa shape index (κ2) is 4.77. The highest BCUT2D eigenvalue weighted by Gasteiger charge is 2.45. The third-order valence-electron chi connectivity index (χ3n) is 2.99. The molecule has 10 heteroatoms. The van der Waals surface area contributed by atoms with Crippen LogP contribution < -0.4 is 9.64 Å². The first kappa shape index (κ1) is 14.9. The monoisotopic (exact) mass is 316 g/mol. The lowest BCUT2D eigenvalue weighted by molar-refractivity contribution is -0.384. The fourth-order valence-corrected chi connectivity index (χ4v) is 2.14. The molecule has 112 valence electrons. The van der Waals surface area contributed by atoms with E-state index in [1.165, 1.54) is 6.92 Å². The number of hydrogen-bond acceptors (Lipinski definition) is 5. The molecule has 1 amide bonds. The Bertz CT molecular complexity index is 662. The summed E-state index contributed by atoms with van der Waals surface area (Å²) in [6.07, 6.45) is -1.42. The van der Waals surface area contributed by atoms with Gasteiger partial charge in [0, 0.05) is 0 Å². The lowest BCUT2D eigenvalue weighted by atomic mass is 10.0. The molecule has 0 aromatic heterocycles. The number of hydrogen-bond donors (Lipinski definition) is 2. The molecule has 1 aliphatic rings. The summed E-state index contributed by atoms with van der Waals surface area (Å²) in [6.45, 7) is 0.702. The second-order valence-corrected chi connectivity index (χ2v) is 4.94. The van der Waals surface area contributed by atoms with Crippen LogP contribution in [0, 0.1) is 10.1 Å². The minimum absolute atomic E-state index is 0.0446. The number of rotatable bonds is 2. The molecule has 0 fully saturated rings. The van der Waals surface area contributed by atoms with Crippen molar-refractivity contribution in [2.24, 2.45) is 0 Å². The van der Waals surface area contributed by atoms with E-state index in [4.69, 9.17) is 26.6 Å². The van der Waals surface area contributed by atoms with Crippen molar-refractivity contribution in [3.63, 3.8) is 0 Å². The van der Waals surface area contributed by atoms with Gasteiger partial charge in [0.15, 0.2) is 5.75 Å². The summed E-state index contributed by atoms with van der Waals surface area (Å²) in [5.41, 5.74) is -2.40. The van der Waals surface area contributed by atoms with Crippen LogP contribution in [0.3, 0.4) is 0 Å². The summed E-state index contributed by atoms with van der Waals surface area (Å²) in [6, 6.07) is 1.97. The van der Waals surface area contributed by atoms with E-state index in [-0.39, 0.29) is 16.5 Å². The summed E-state index contributed by atoms with van der Waals surface area (Å²) >= 11 is 5.73. The summed E-state index contributed by atoms with van der Waals surface area (Å²) in [4.78, 5) is 33.3. The molecule has 0 spiro atoms. The second-order valence-electron chi connectivity index (χ2n) is 4.54. The van der Waals surface area contributed by atoms with Gasteiger partial charge in [-0.05, 0) is 13.0 Å². The Labute approximate surface area is 122 Å². The maximum atomic E-state index is 11.3. The number of aliphatic carboxylic acids is 1. The SMILES string of the molecule is CC1(C(=O)O)CN(C(=O)O)c2cc(Cl)c([N+](=O)[O-])cc2O1. The first-order valence-corrected chi connectivity index (χ1v) is 5.94. The fourth-order valence-electron chi connectivity index (χ4n) is 1.91. The zero-order chi connectivity index (χ0) is 15.9. The standard InChI is InChI=1S/C11H9ClN2O7/c1-11(9(15)16)4-13(10(17)18)7-2-5(12)6(14(19)20)3-8(7)21-11/h2-3H,4H2,1H3,(H,15,16)(H,17,18). The topological polar surface area (TPSA) is 130 Å². The van der Waals surface area contributed by atoms with Crippen molar-refractivity contribution < 1.29 is 29.5 Å². The maximum absolute atomic E-state index is 11.3. The van der Waals surface area contributed by atoms with Gasteiger partial charge in [0.2, 0.25) is 5.60 Å². The van der Waals surface area contributed by atoms with Crippen LogP contribution in [-0.2, 0) is 4.79 Å². The third-order valence-corrected chi connectivity index (χ3v) is 3.30. The molecule has 0 radical (unpaired) electrons. The number of amides is 1. The highest BCUT2D eigenvalue weighted by Crippen LogP contribution is 2.43. The number of ether oxygens (including phenoxy) is 1. The van der Waals surface area contributed by atoms with Crippen LogP contribution in [0.1, 0.15) is 6.92 Å². The Balaban J connectivity index is 2.64. The zero-order valence-corrected chi connectivity index (χ0v) is 11.3. The van der Waals surface area contributed by atoms with Gasteiger partial charge < -0.3 is 14.9 Å². The molecular formula is C11H9ClN2O7. The molecule has 0 bridgehead atoms. The number of carbonyl (C=O) groups is 2. The number of nitro benzene ring substituents is 1. The van der Waals surface area contributed by atoms with Crippen molar-refractivity contribution in [2.75, 3.05) is 11.4 Å². The van der Waals surface area contributed by atoms with Crippen molar-refractivity contribution in [3.8, 4) is 5.75 Å². The number of halogens is 1. The Morgan fingerprint density at radius 1 is 1.48 bits per heavy atom. The van der Waals surface area contributed by atoms with Crippen LogP contribution in [0.15, 0.2) is 12.1 Å². The van der Waals surface area contributed by atoms with Gasteiger partial charge in [-0.3, -0.25) is 15.0 Å². The Hall–Kier alpha value is -2.55. The predicted octanol–water partition coefficient (Wildman–Crippen LogP) is 1.97. The van der Waals surface area contributed by atoms with E-state index in [0.29, 0.717) is 0 Å². The molecular weight excluding hydrogens is 308 g/mol. The Morgan fingerprint density at radius 2 is 2.10 bits per heavy atom. The van der Waals surface area contributed by atoms with Crippen LogP contribution in [0.4, 0.5) is 16.2 Å². The van der Waals surface area contributed by atoms with E-state index >= 15 is 0 Å². The van der Waals surface area contributed by atoms with Gasteiger partial charge in [-0.1, -0.05) is 11.6 Å². The molecule has 0 aliphatic carbocycles. The summed E-state index contributed by atoms with van der Waals surface area (Å²) < 4.78 is 5.24. The van der Waals surface area contributed by atoms with Crippen LogP contribution in [0.25, 0.3) is 0 Å². The number of fused-ring (bicyclic) bond motifs is 1. The Kier molecular flexibility index (Phi) is 3.38. The molecule has 1 heterocycles. The molecule has 1 aromatic carbocycles. The molecule has 1 aromatic rings. The molecule has 1 aliphatic heterocycles. The summed E-state index contributed by atoms with van der Waals surface area (Å²) in [5, 5.41) is 28.9. The molecule has 2 N–H and O–H groups in total. The van der Waals surface area contributed by atoms with Gasteiger partial charge in [-0.2, -0.15) is 0 Å². The fraction of sp³-hybridized carbons (Fsp3) is 0.273. The van der Waals surface area contributed by atoms with Gasteiger partial charge in [-0.15, -0.1) is 0 Å². The van der Waals surface area contributed by atoms with Crippen molar-refractivity contribution >= 4 is 35.0 Å². The maximum Gasteiger partial charge on any atom is 0.412 e. The van der Waals surface area contributed by atoms with Gasteiger partial charge in [0.1, 0.15) is 5.02 Å². The molecule has 9 nitrogen and oxygen atoms in total. The lowest BCUT2D eigenvalue weighted by Gasteiger charge is -2.37. The van der Waals surface area contributed by atoms with Crippen molar-refractivity contribution in [1.82, 2.24) is 0 Å². The van der Waals surface area contributed by atoms with Gasteiger partial charge in [0.05, 0.1) is 23.2 Å². The molecule has 0 saturated heterocycles. The number of carboxylic acid groups (broad SMARTS) is 2. The van der Waals surface area contributed by atoms with E-state index in [0.717, 1.165) is 17.0 Å². The molecule has 0 saturated carbocycles. The highest BCUT2D eigenvalue weighted by molar-refractivity contribution is 6.33. The lowest BCUT2D eigenvalue weighted by Crippen LogP contribution is -2.55. The summed E-state index contributed by atoms with van der Waals surface area (Å²) in [5.74, 6) is -1.62. The van der Waals surface area contributed by atoms with Crippen molar-refractivity contribution in [1.29, 1.82) is 0 Å². The van der Waals surface area contributed by atoms with Crippen LogP contribution in [0.5, 0.6) is 5.75 Å². The number of benzene rings is 1. The Morgan fingerprint density at radius 3 is 2.57 bits per heavy atom. The van der Waals surface area contributed by atoms with Crippen LogP contribution >= 0.6 is 11.6 Å². The van der Waals surface area contributed by atoms with Gasteiger partial charge >= 0.3 is 12.1 Å². The molecule has 1 unspecified atom stereocenters. The quantitative estimate of drug-likeness (QED) is 0.630. The van der Waals surface area contributed by atoms with E-state index in [2.05, 4.69) is 0 Å². The third kappa shape index (κ3) is 2.42.